The average molecular weight is 439 g/mol. The van der Waals surface area contributed by atoms with Crippen molar-refractivity contribution < 1.29 is 9.72 Å². The summed E-state index contributed by atoms with van der Waals surface area (Å²) in [6, 6.07) is 9.58. The lowest BCUT2D eigenvalue weighted by atomic mass is 10.3. The Kier molecular flexibility index (Phi) is 5.55. The first-order chi connectivity index (χ1) is 14.9. The summed E-state index contributed by atoms with van der Waals surface area (Å²) in [5.41, 5.74) is 3.58. The molecule has 0 saturated carbocycles. The Morgan fingerprint density at radius 1 is 1.29 bits per heavy atom. The quantitative estimate of drug-likeness (QED) is 0.337. The van der Waals surface area contributed by atoms with E-state index in [2.05, 4.69) is 22.3 Å². The Morgan fingerprint density at radius 2 is 2.06 bits per heavy atom. The highest BCUT2D eigenvalue weighted by atomic mass is 32.1. The molecular weight excluding hydrogens is 416 g/mol. The van der Waals surface area contributed by atoms with Gasteiger partial charge >= 0.3 is 5.69 Å². The van der Waals surface area contributed by atoms with E-state index in [9.17, 15) is 14.9 Å². The molecule has 10 heteroatoms. The van der Waals surface area contributed by atoms with Crippen LogP contribution in [-0.2, 0) is 13.1 Å². The summed E-state index contributed by atoms with van der Waals surface area (Å²) in [6.07, 6.45) is 0.918. The van der Waals surface area contributed by atoms with Gasteiger partial charge in [0.25, 0.3) is 5.91 Å². The molecule has 0 fully saturated rings. The molecule has 3 heterocycles. The van der Waals surface area contributed by atoms with Crippen LogP contribution in [0.4, 0.5) is 11.6 Å². The number of para-hydroxylation sites is 2. The predicted octanol–water partition coefficient (Wildman–Crippen LogP) is 4.53. The van der Waals surface area contributed by atoms with E-state index in [4.69, 9.17) is 0 Å². The Labute approximate surface area is 182 Å². The highest BCUT2D eigenvalue weighted by Crippen LogP contribution is 2.25. The molecule has 0 aliphatic rings. The lowest BCUT2D eigenvalue weighted by Gasteiger charge is -2.08. The molecule has 9 nitrogen and oxygen atoms in total. The molecule has 0 bridgehead atoms. The molecule has 31 heavy (non-hydrogen) atoms. The van der Waals surface area contributed by atoms with Crippen LogP contribution in [0.2, 0.25) is 0 Å². The average Bonchev–Trinajstić information content (AvgIpc) is 3.40. The zero-order valence-corrected chi connectivity index (χ0v) is 18.3. The third-order valence-electron chi connectivity index (χ3n) is 5.06. The van der Waals surface area contributed by atoms with Gasteiger partial charge in [-0.1, -0.05) is 19.1 Å². The van der Waals surface area contributed by atoms with Crippen LogP contribution in [0.25, 0.3) is 11.0 Å². The molecular formula is C21H22N6O3S. The number of hydrogen-bond acceptors (Lipinski definition) is 6. The maximum Gasteiger partial charge on any atom is 0.312 e. The SMILES string of the molecule is CCCn1c(NC(=O)c2cc(Cn3nc(C)c([N+](=O)[O-])c3C)cs2)nc2ccccc21. The fourth-order valence-corrected chi connectivity index (χ4v) is 4.44. The van der Waals surface area contributed by atoms with Crippen molar-refractivity contribution in [3.8, 4) is 0 Å². The number of hydrogen-bond donors (Lipinski definition) is 1. The summed E-state index contributed by atoms with van der Waals surface area (Å²) >= 11 is 1.32. The van der Waals surface area contributed by atoms with Crippen LogP contribution in [0.1, 0.15) is 40.0 Å². The standard InChI is InChI=1S/C21H22N6O3S/c1-4-9-25-17-8-6-5-7-16(17)22-21(25)23-20(28)18-10-15(12-31-18)11-26-14(3)19(27(29)30)13(2)24-26/h5-8,10,12H,4,9,11H2,1-3H3,(H,22,23,28). The summed E-state index contributed by atoms with van der Waals surface area (Å²) in [7, 11) is 0. The summed E-state index contributed by atoms with van der Waals surface area (Å²) in [5.74, 6) is 0.292. The number of benzene rings is 1. The van der Waals surface area contributed by atoms with E-state index in [0.29, 0.717) is 28.8 Å². The number of aryl methyl sites for hydroxylation is 2. The fraction of sp³-hybridized carbons (Fsp3) is 0.286. The zero-order chi connectivity index (χ0) is 22.1. The summed E-state index contributed by atoms with van der Waals surface area (Å²) in [6.45, 7) is 6.49. The van der Waals surface area contributed by atoms with Crippen LogP contribution in [0.15, 0.2) is 35.7 Å². The van der Waals surface area contributed by atoms with E-state index >= 15 is 0 Å². The number of nitro groups is 1. The van der Waals surface area contributed by atoms with Crippen molar-refractivity contribution in [1.82, 2.24) is 19.3 Å². The molecule has 1 amide bonds. The number of thiophene rings is 1. The van der Waals surface area contributed by atoms with Crippen molar-refractivity contribution in [2.75, 3.05) is 5.32 Å². The van der Waals surface area contributed by atoms with Crippen LogP contribution in [-0.4, -0.2) is 30.2 Å². The molecule has 160 valence electrons. The molecule has 4 aromatic rings. The molecule has 0 atom stereocenters. The lowest BCUT2D eigenvalue weighted by molar-refractivity contribution is -0.386. The third-order valence-corrected chi connectivity index (χ3v) is 6.04. The molecule has 1 aromatic carbocycles. The smallest absolute Gasteiger partial charge is 0.310 e. The number of carbonyl (C=O) groups is 1. The monoisotopic (exact) mass is 438 g/mol. The van der Waals surface area contributed by atoms with Crippen LogP contribution in [0.5, 0.6) is 0 Å². The van der Waals surface area contributed by atoms with Crippen molar-refractivity contribution in [1.29, 1.82) is 0 Å². The first-order valence-electron chi connectivity index (χ1n) is 9.91. The molecule has 0 spiro atoms. The van der Waals surface area contributed by atoms with Gasteiger partial charge in [-0.25, -0.2) is 4.98 Å². The normalized spacial score (nSPS) is 11.2. The third kappa shape index (κ3) is 3.93. The molecule has 0 aliphatic heterocycles. The molecule has 0 unspecified atom stereocenters. The summed E-state index contributed by atoms with van der Waals surface area (Å²) in [4.78, 5) is 28.8. The van der Waals surface area contributed by atoms with Crippen molar-refractivity contribution in [3.63, 3.8) is 0 Å². The minimum Gasteiger partial charge on any atom is -0.310 e. The summed E-state index contributed by atoms with van der Waals surface area (Å²) in [5, 5.41) is 20.3. The molecule has 4 rings (SSSR count). The van der Waals surface area contributed by atoms with Gasteiger partial charge in [-0.3, -0.25) is 24.9 Å². The Bertz CT molecular complexity index is 1290. The minimum absolute atomic E-state index is 0.0306. The van der Waals surface area contributed by atoms with Crippen LogP contribution >= 0.6 is 11.3 Å². The van der Waals surface area contributed by atoms with Gasteiger partial charge in [0.1, 0.15) is 11.4 Å². The number of imidazole rings is 1. The number of rotatable bonds is 7. The number of fused-ring (bicyclic) bond motifs is 1. The molecule has 0 saturated heterocycles. The van der Waals surface area contributed by atoms with E-state index in [-0.39, 0.29) is 11.6 Å². The van der Waals surface area contributed by atoms with Crippen LogP contribution < -0.4 is 5.32 Å². The maximum atomic E-state index is 12.9. The second-order valence-corrected chi connectivity index (χ2v) is 8.19. The van der Waals surface area contributed by atoms with Gasteiger partial charge in [0, 0.05) is 6.54 Å². The number of nitrogens with zero attached hydrogens (tertiary/aromatic N) is 5. The number of carbonyl (C=O) groups excluding carboxylic acids is 1. The molecule has 0 radical (unpaired) electrons. The van der Waals surface area contributed by atoms with Gasteiger partial charge < -0.3 is 4.57 Å². The Morgan fingerprint density at radius 3 is 2.77 bits per heavy atom. The second kappa shape index (κ2) is 8.31. The van der Waals surface area contributed by atoms with Gasteiger partial charge in [0.15, 0.2) is 0 Å². The topological polar surface area (TPSA) is 108 Å². The van der Waals surface area contributed by atoms with Crippen molar-refractivity contribution in [2.45, 2.75) is 40.3 Å². The highest BCUT2D eigenvalue weighted by Gasteiger charge is 2.22. The van der Waals surface area contributed by atoms with Gasteiger partial charge in [-0.15, -0.1) is 11.3 Å². The van der Waals surface area contributed by atoms with E-state index in [1.807, 2.05) is 34.2 Å². The van der Waals surface area contributed by atoms with E-state index in [0.717, 1.165) is 29.6 Å². The number of anilines is 1. The second-order valence-electron chi connectivity index (χ2n) is 7.28. The molecule has 3 aromatic heterocycles. The van der Waals surface area contributed by atoms with Gasteiger partial charge in [-0.05, 0) is 49.4 Å². The largest absolute Gasteiger partial charge is 0.312 e. The van der Waals surface area contributed by atoms with Gasteiger partial charge in [-0.2, -0.15) is 5.10 Å². The van der Waals surface area contributed by atoms with Gasteiger partial charge in [0.05, 0.1) is 27.4 Å². The highest BCUT2D eigenvalue weighted by molar-refractivity contribution is 7.12. The maximum absolute atomic E-state index is 12.9. The first kappa shape index (κ1) is 20.7. The Balaban J connectivity index is 1.54. The number of amides is 1. The van der Waals surface area contributed by atoms with E-state index < -0.39 is 4.92 Å². The zero-order valence-electron chi connectivity index (χ0n) is 17.5. The molecule has 1 N–H and O–H groups in total. The first-order valence-corrected chi connectivity index (χ1v) is 10.8. The fourth-order valence-electron chi connectivity index (χ4n) is 3.64. The minimum atomic E-state index is -0.414. The van der Waals surface area contributed by atoms with Crippen molar-refractivity contribution >= 4 is 39.9 Å². The van der Waals surface area contributed by atoms with Crippen molar-refractivity contribution in [2.24, 2.45) is 0 Å². The van der Waals surface area contributed by atoms with Crippen LogP contribution in [0, 0.1) is 24.0 Å². The molecule has 0 aliphatic carbocycles. The van der Waals surface area contributed by atoms with Crippen LogP contribution in [0.3, 0.4) is 0 Å². The van der Waals surface area contributed by atoms with E-state index in [1.54, 1.807) is 24.6 Å². The number of nitrogens with one attached hydrogen (secondary N) is 1. The van der Waals surface area contributed by atoms with E-state index in [1.165, 1.54) is 11.3 Å². The Hall–Kier alpha value is -3.53. The summed E-state index contributed by atoms with van der Waals surface area (Å²) < 4.78 is 3.61. The lowest BCUT2D eigenvalue weighted by Crippen LogP contribution is -2.15. The van der Waals surface area contributed by atoms with Crippen molar-refractivity contribution in [3.05, 3.63) is 67.7 Å². The number of aromatic nitrogens is 4. The van der Waals surface area contributed by atoms with Gasteiger partial charge in [0.2, 0.25) is 5.95 Å². The predicted molar refractivity (Wildman–Crippen MR) is 120 cm³/mol.